The molecule has 0 saturated carbocycles. The molecule has 2 aromatic rings. The zero-order chi connectivity index (χ0) is 18.8. The van der Waals surface area contributed by atoms with Crippen LogP contribution in [-0.4, -0.2) is 56.9 Å². The molecule has 1 aromatic carbocycles. The molecule has 2 aliphatic heterocycles. The van der Waals surface area contributed by atoms with E-state index < -0.39 is 6.10 Å². The average Bonchev–Trinajstić information content (AvgIpc) is 3.14. The van der Waals surface area contributed by atoms with Gasteiger partial charge in [0.15, 0.2) is 0 Å². The monoisotopic (exact) mass is 390 g/mol. The zero-order valence-electron chi connectivity index (χ0n) is 15.4. The van der Waals surface area contributed by atoms with Gasteiger partial charge in [0.2, 0.25) is 11.9 Å². The van der Waals surface area contributed by atoms with Crippen molar-refractivity contribution in [2.45, 2.75) is 50.3 Å². The number of aliphatic hydroxyl groups excluding tert-OH is 1. The number of nitrogens with one attached hydrogen (secondary N) is 1. The molecule has 2 fully saturated rings. The molecule has 1 unspecified atom stereocenters. The molecule has 1 aromatic heterocycles. The second-order valence-electron chi connectivity index (χ2n) is 7.54. The minimum atomic E-state index is -0.478. The number of aromatic amines is 1. The first kappa shape index (κ1) is 18.5. The Morgan fingerprint density at radius 3 is 2.52 bits per heavy atom. The fourth-order valence-corrected chi connectivity index (χ4v) is 4.58. The van der Waals surface area contributed by atoms with Gasteiger partial charge in [-0.15, -0.1) is 5.10 Å². The predicted molar refractivity (Wildman–Crippen MR) is 107 cm³/mol. The molecule has 0 spiro atoms. The third kappa shape index (κ3) is 4.05. The second kappa shape index (κ2) is 8.04. The molecular weight excluding hydrogens is 364 g/mol. The van der Waals surface area contributed by atoms with Crippen LogP contribution in [0.1, 0.15) is 43.8 Å². The molecule has 146 valence electrons. The minimum absolute atomic E-state index is 0.163. The number of nitrogens with zero attached hydrogens (tertiary/aromatic N) is 4. The van der Waals surface area contributed by atoms with E-state index in [9.17, 15) is 5.11 Å². The molecule has 3 heterocycles. The lowest BCUT2D eigenvalue weighted by atomic mass is 9.89. The molecule has 0 bridgehead atoms. The van der Waals surface area contributed by atoms with Gasteiger partial charge in [-0.25, -0.2) is 5.10 Å². The van der Waals surface area contributed by atoms with Crippen LogP contribution in [0.25, 0.3) is 0 Å². The Morgan fingerprint density at radius 1 is 1.11 bits per heavy atom. The van der Waals surface area contributed by atoms with Gasteiger partial charge in [0, 0.05) is 30.2 Å². The molecule has 2 aliphatic rings. The average molecular weight is 391 g/mol. The first-order valence-electron chi connectivity index (χ1n) is 9.74. The standard InChI is InChI=1S/C19H27ClN6O/c20-14-6-4-13(5-7-14)17(27)16-3-1-2-10-26(16)15-8-11-25(12-9-15)19-22-18(21)23-24-19/h4-7,15-17,27H,1-3,8-12H2,(H3,21,22,23,24)/t16-,17?/m1/s1. The first-order valence-corrected chi connectivity index (χ1v) is 10.1. The molecule has 7 nitrogen and oxygen atoms in total. The van der Waals surface area contributed by atoms with Crippen LogP contribution in [-0.2, 0) is 0 Å². The van der Waals surface area contributed by atoms with Gasteiger partial charge in [-0.3, -0.25) is 4.90 Å². The smallest absolute Gasteiger partial charge is 0.246 e. The summed E-state index contributed by atoms with van der Waals surface area (Å²) >= 11 is 6.00. The quantitative estimate of drug-likeness (QED) is 0.742. The maximum absolute atomic E-state index is 11.0. The maximum atomic E-state index is 11.0. The summed E-state index contributed by atoms with van der Waals surface area (Å²) in [5.41, 5.74) is 6.59. The number of halogens is 1. The van der Waals surface area contributed by atoms with Crippen LogP contribution in [0.3, 0.4) is 0 Å². The SMILES string of the molecule is Nc1nc(N2CCC(N3CCCC[C@@H]3C(O)c3ccc(Cl)cc3)CC2)n[nH]1. The van der Waals surface area contributed by atoms with Crippen molar-refractivity contribution < 1.29 is 5.11 Å². The van der Waals surface area contributed by atoms with E-state index in [1.54, 1.807) is 0 Å². The van der Waals surface area contributed by atoms with Crippen molar-refractivity contribution >= 4 is 23.5 Å². The van der Waals surface area contributed by atoms with Crippen molar-refractivity contribution in [3.8, 4) is 0 Å². The van der Waals surface area contributed by atoms with Crippen LogP contribution in [0.5, 0.6) is 0 Å². The number of rotatable bonds is 4. The van der Waals surface area contributed by atoms with Crippen LogP contribution in [0, 0.1) is 0 Å². The number of H-pyrrole nitrogens is 1. The van der Waals surface area contributed by atoms with Crippen molar-refractivity contribution in [2.75, 3.05) is 30.3 Å². The fourth-order valence-electron chi connectivity index (χ4n) is 4.46. The summed E-state index contributed by atoms with van der Waals surface area (Å²) in [6, 6.07) is 8.23. The Kier molecular flexibility index (Phi) is 5.52. The summed E-state index contributed by atoms with van der Waals surface area (Å²) < 4.78 is 0. The van der Waals surface area contributed by atoms with Crippen LogP contribution in [0.2, 0.25) is 5.02 Å². The number of nitrogens with two attached hydrogens (primary N) is 1. The highest BCUT2D eigenvalue weighted by molar-refractivity contribution is 6.30. The molecule has 27 heavy (non-hydrogen) atoms. The van der Waals surface area contributed by atoms with E-state index in [1.165, 1.54) is 12.8 Å². The van der Waals surface area contributed by atoms with Gasteiger partial charge in [0.25, 0.3) is 0 Å². The van der Waals surface area contributed by atoms with Gasteiger partial charge in [-0.05, 0) is 49.9 Å². The maximum Gasteiger partial charge on any atom is 0.246 e. The first-order chi connectivity index (χ1) is 13.1. The van der Waals surface area contributed by atoms with Crippen LogP contribution in [0.4, 0.5) is 11.9 Å². The van der Waals surface area contributed by atoms with Crippen LogP contribution in [0.15, 0.2) is 24.3 Å². The van der Waals surface area contributed by atoms with Gasteiger partial charge in [-0.1, -0.05) is 30.2 Å². The van der Waals surface area contributed by atoms with Crippen LogP contribution < -0.4 is 10.6 Å². The predicted octanol–water partition coefficient (Wildman–Crippen LogP) is 2.60. The van der Waals surface area contributed by atoms with Crippen LogP contribution >= 0.6 is 11.6 Å². The number of likely N-dealkylation sites (tertiary alicyclic amines) is 1. The van der Waals surface area contributed by atoms with Crippen molar-refractivity contribution in [3.05, 3.63) is 34.9 Å². The Balaban J connectivity index is 1.42. The highest BCUT2D eigenvalue weighted by atomic mass is 35.5. The topological polar surface area (TPSA) is 94.3 Å². The summed E-state index contributed by atoms with van der Waals surface area (Å²) in [5.74, 6) is 1.04. The van der Waals surface area contributed by atoms with E-state index in [0.29, 0.717) is 23.0 Å². The summed E-state index contributed by atoms with van der Waals surface area (Å²) in [7, 11) is 0. The molecule has 8 heteroatoms. The Bertz CT molecular complexity index is 743. The molecular formula is C19H27ClN6O. The Morgan fingerprint density at radius 2 is 1.85 bits per heavy atom. The van der Waals surface area contributed by atoms with E-state index in [4.69, 9.17) is 17.3 Å². The number of piperidine rings is 2. The Hall–Kier alpha value is -1.83. The van der Waals surface area contributed by atoms with E-state index in [-0.39, 0.29) is 6.04 Å². The molecule has 4 N–H and O–H groups in total. The molecule has 0 radical (unpaired) electrons. The van der Waals surface area contributed by atoms with Gasteiger partial charge in [-0.2, -0.15) is 4.98 Å². The lowest BCUT2D eigenvalue weighted by Gasteiger charge is -2.46. The van der Waals surface area contributed by atoms with Gasteiger partial charge < -0.3 is 15.7 Å². The van der Waals surface area contributed by atoms with E-state index in [2.05, 4.69) is 25.0 Å². The molecule has 0 amide bonds. The van der Waals surface area contributed by atoms with Crippen molar-refractivity contribution in [2.24, 2.45) is 0 Å². The lowest BCUT2D eigenvalue weighted by molar-refractivity contribution is -0.00637. The Labute approximate surface area is 164 Å². The van der Waals surface area contributed by atoms with Gasteiger partial charge in [0.05, 0.1) is 6.10 Å². The largest absolute Gasteiger partial charge is 0.387 e. The number of anilines is 2. The fraction of sp³-hybridized carbons (Fsp3) is 0.579. The van der Waals surface area contributed by atoms with Crippen molar-refractivity contribution in [1.82, 2.24) is 20.1 Å². The number of nitrogen functional groups attached to an aromatic ring is 1. The minimum Gasteiger partial charge on any atom is -0.387 e. The van der Waals surface area contributed by atoms with Gasteiger partial charge >= 0.3 is 0 Å². The lowest BCUT2D eigenvalue weighted by Crippen LogP contribution is -2.53. The molecule has 2 saturated heterocycles. The van der Waals surface area contributed by atoms with Crippen molar-refractivity contribution in [1.29, 1.82) is 0 Å². The summed E-state index contributed by atoms with van der Waals surface area (Å²) in [5, 5.41) is 18.6. The van der Waals surface area contributed by atoms with E-state index in [0.717, 1.165) is 44.5 Å². The number of aliphatic hydroxyl groups is 1. The molecule has 0 aliphatic carbocycles. The highest BCUT2D eigenvalue weighted by Crippen LogP contribution is 2.33. The number of hydrogen-bond acceptors (Lipinski definition) is 6. The summed E-state index contributed by atoms with van der Waals surface area (Å²) in [6.45, 7) is 2.86. The normalized spacial score (nSPS) is 23.5. The molecule has 2 atom stereocenters. The summed E-state index contributed by atoms with van der Waals surface area (Å²) in [4.78, 5) is 8.95. The second-order valence-corrected chi connectivity index (χ2v) is 7.97. The van der Waals surface area contributed by atoms with Gasteiger partial charge in [0.1, 0.15) is 0 Å². The third-order valence-electron chi connectivity index (χ3n) is 5.88. The molecule has 4 rings (SSSR count). The number of benzene rings is 1. The summed E-state index contributed by atoms with van der Waals surface area (Å²) in [6.07, 6.45) is 4.99. The third-order valence-corrected chi connectivity index (χ3v) is 6.13. The highest BCUT2D eigenvalue weighted by Gasteiger charge is 2.35. The van der Waals surface area contributed by atoms with Crippen molar-refractivity contribution in [3.63, 3.8) is 0 Å². The number of hydrogen-bond donors (Lipinski definition) is 3. The zero-order valence-corrected chi connectivity index (χ0v) is 16.1. The van der Waals surface area contributed by atoms with E-state index in [1.807, 2.05) is 24.3 Å². The number of aromatic nitrogens is 3. The van der Waals surface area contributed by atoms with E-state index >= 15 is 0 Å².